The molecule has 5 heteroatoms. The second kappa shape index (κ2) is 6.48. The van der Waals surface area contributed by atoms with Crippen molar-refractivity contribution in [3.05, 3.63) is 0 Å². The molecule has 0 radical (unpaired) electrons. The second-order valence-corrected chi connectivity index (χ2v) is 4.15. The Labute approximate surface area is 95.9 Å². The molecular weight excluding hydrogens is 208 g/mol. The highest BCUT2D eigenvalue weighted by atomic mass is 16.5. The highest BCUT2D eigenvalue weighted by Crippen LogP contribution is 2.09. The van der Waals surface area contributed by atoms with Gasteiger partial charge in [-0.3, -0.25) is 9.59 Å². The van der Waals surface area contributed by atoms with Crippen molar-refractivity contribution in [3.63, 3.8) is 0 Å². The topological polar surface area (TPSA) is 67.4 Å². The SMILES string of the molecule is CCCC(COC)NC(=O)C1CNC(=O)C1. The smallest absolute Gasteiger partial charge is 0.225 e. The first-order valence-corrected chi connectivity index (χ1v) is 5.73. The monoisotopic (exact) mass is 228 g/mol. The van der Waals surface area contributed by atoms with Gasteiger partial charge in [-0.1, -0.05) is 13.3 Å². The summed E-state index contributed by atoms with van der Waals surface area (Å²) in [6.07, 6.45) is 2.20. The number of rotatable bonds is 6. The largest absolute Gasteiger partial charge is 0.383 e. The van der Waals surface area contributed by atoms with Crippen molar-refractivity contribution < 1.29 is 14.3 Å². The van der Waals surface area contributed by atoms with Crippen LogP contribution in [0, 0.1) is 5.92 Å². The zero-order chi connectivity index (χ0) is 12.0. The van der Waals surface area contributed by atoms with E-state index in [1.54, 1.807) is 7.11 Å². The summed E-state index contributed by atoms with van der Waals surface area (Å²) in [4.78, 5) is 22.8. The third kappa shape index (κ3) is 3.81. The molecule has 92 valence electrons. The first-order valence-electron chi connectivity index (χ1n) is 5.73. The van der Waals surface area contributed by atoms with E-state index in [9.17, 15) is 9.59 Å². The van der Waals surface area contributed by atoms with E-state index < -0.39 is 0 Å². The maximum atomic E-state index is 11.8. The van der Waals surface area contributed by atoms with Crippen LogP contribution >= 0.6 is 0 Å². The number of nitrogens with one attached hydrogen (secondary N) is 2. The lowest BCUT2D eigenvalue weighted by Gasteiger charge is -2.19. The van der Waals surface area contributed by atoms with Crippen molar-refractivity contribution in [2.75, 3.05) is 20.3 Å². The van der Waals surface area contributed by atoms with Crippen LogP contribution in [-0.2, 0) is 14.3 Å². The Kier molecular flexibility index (Phi) is 5.25. The summed E-state index contributed by atoms with van der Waals surface area (Å²) in [5, 5.41) is 5.58. The molecule has 1 rings (SSSR count). The lowest BCUT2D eigenvalue weighted by molar-refractivity contribution is -0.127. The number of carbonyl (C=O) groups is 2. The predicted molar refractivity (Wildman–Crippen MR) is 59.8 cm³/mol. The van der Waals surface area contributed by atoms with Crippen LogP contribution in [0.1, 0.15) is 26.2 Å². The summed E-state index contributed by atoms with van der Waals surface area (Å²) in [5.41, 5.74) is 0. The molecule has 0 aromatic carbocycles. The molecule has 0 aliphatic carbocycles. The maximum absolute atomic E-state index is 11.8. The fourth-order valence-corrected chi connectivity index (χ4v) is 1.86. The molecule has 5 nitrogen and oxygen atoms in total. The van der Waals surface area contributed by atoms with Crippen LogP contribution in [0.4, 0.5) is 0 Å². The quantitative estimate of drug-likeness (QED) is 0.675. The minimum atomic E-state index is -0.219. The van der Waals surface area contributed by atoms with Crippen molar-refractivity contribution >= 4 is 11.8 Å². The van der Waals surface area contributed by atoms with Crippen molar-refractivity contribution in [3.8, 4) is 0 Å². The molecule has 0 saturated carbocycles. The average molecular weight is 228 g/mol. The van der Waals surface area contributed by atoms with E-state index in [1.807, 2.05) is 0 Å². The Morgan fingerprint density at radius 2 is 2.44 bits per heavy atom. The van der Waals surface area contributed by atoms with Crippen LogP contribution in [0.5, 0.6) is 0 Å². The molecule has 2 atom stereocenters. The van der Waals surface area contributed by atoms with Gasteiger partial charge in [-0.25, -0.2) is 0 Å². The van der Waals surface area contributed by atoms with Crippen molar-refractivity contribution in [2.45, 2.75) is 32.2 Å². The summed E-state index contributed by atoms with van der Waals surface area (Å²) in [6, 6.07) is 0.0539. The number of amides is 2. The van der Waals surface area contributed by atoms with Gasteiger partial charge in [0.25, 0.3) is 0 Å². The molecule has 1 saturated heterocycles. The normalized spacial score (nSPS) is 21.6. The van der Waals surface area contributed by atoms with Gasteiger partial charge < -0.3 is 15.4 Å². The summed E-state index contributed by atoms with van der Waals surface area (Å²) in [6.45, 7) is 3.04. The number of carbonyl (C=O) groups excluding carboxylic acids is 2. The van der Waals surface area contributed by atoms with Crippen molar-refractivity contribution in [1.82, 2.24) is 10.6 Å². The Morgan fingerprint density at radius 1 is 1.69 bits per heavy atom. The number of methoxy groups -OCH3 is 1. The highest BCUT2D eigenvalue weighted by molar-refractivity contribution is 5.89. The van der Waals surface area contributed by atoms with Crippen LogP contribution in [-0.4, -0.2) is 38.1 Å². The number of ether oxygens (including phenoxy) is 1. The third-order valence-electron chi connectivity index (χ3n) is 2.70. The zero-order valence-electron chi connectivity index (χ0n) is 9.91. The van der Waals surface area contributed by atoms with Crippen LogP contribution in [0.15, 0.2) is 0 Å². The van der Waals surface area contributed by atoms with Gasteiger partial charge in [0, 0.05) is 20.1 Å². The Balaban J connectivity index is 2.38. The van der Waals surface area contributed by atoms with Gasteiger partial charge in [0.2, 0.25) is 11.8 Å². The van der Waals surface area contributed by atoms with Gasteiger partial charge in [-0.05, 0) is 6.42 Å². The first-order chi connectivity index (χ1) is 7.67. The molecule has 2 unspecified atom stereocenters. The summed E-state index contributed by atoms with van der Waals surface area (Å²) in [5.74, 6) is -0.309. The minimum Gasteiger partial charge on any atom is -0.383 e. The van der Waals surface area contributed by atoms with E-state index in [0.29, 0.717) is 19.6 Å². The fourth-order valence-electron chi connectivity index (χ4n) is 1.86. The summed E-state index contributed by atoms with van der Waals surface area (Å²) >= 11 is 0. The lowest BCUT2D eigenvalue weighted by Crippen LogP contribution is -2.41. The van der Waals surface area contributed by atoms with Crippen LogP contribution in [0.25, 0.3) is 0 Å². The van der Waals surface area contributed by atoms with E-state index in [-0.39, 0.29) is 23.8 Å². The van der Waals surface area contributed by atoms with Gasteiger partial charge >= 0.3 is 0 Å². The second-order valence-electron chi connectivity index (χ2n) is 4.15. The van der Waals surface area contributed by atoms with Gasteiger partial charge in [0.15, 0.2) is 0 Å². The Bertz CT molecular complexity index is 250. The van der Waals surface area contributed by atoms with Crippen LogP contribution in [0.3, 0.4) is 0 Å². The minimum absolute atomic E-state index is 0.0427. The van der Waals surface area contributed by atoms with Crippen LogP contribution in [0.2, 0.25) is 0 Å². The molecule has 1 aliphatic heterocycles. The molecule has 0 aromatic heterocycles. The Hall–Kier alpha value is -1.10. The molecule has 1 heterocycles. The highest BCUT2D eigenvalue weighted by Gasteiger charge is 2.28. The molecule has 1 fully saturated rings. The molecule has 2 N–H and O–H groups in total. The van der Waals surface area contributed by atoms with E-state index in [0.717, 1.165) is 12.8 Å². The van der Waals surface area contributed by atoms with Gasteiger partial charge in [-0.15, -0.1) is 0 Å². The Morgan fingerprint density at radius 3 is 2.94 bits per heavy atom. The van der Waals surface area contributed by atoms with Gasteiger partial charge in [0.1, 0.15) is 0 Å². The van der Waals surface area contributed by atoms with Gasteiger partial charge in [0.05, 0.1) is 18.6 Å². The van der Waals surface area contributed by atoms with E-state index in [4.69, 9.17) is 4.74 Å². The molecule has 0 aromatic rings. The lowest BCUT2D eigenvalue weighted by atomic mass is 10.1. The molecule has 0 spiro atoms. The van der Waals surface area contributed by atoms with Crippen molar-refractivity contribution in [2.24, 2.45) is 5.92 Å². The predicted octanol–water partition coefficient (Wildman–Crippen LogP) is 0.0538. The third-order valence-corrected chi connectivity index (χ3v) is 2.70. The summed E-state index contributed by atoms with van der Waals surface area (Å²) < 4.78 is 5.04. The first kappa shape index (κ1) is 13.0. The van der Waals surface area contributed by atoms with Gasteiger partial charge in [-0.2, -0.15) is 0 Å². The average Bonchev–Trinajstić information content (AvgIpc) is 2.65. The summed E-state index contributed by atoms with van der Waals surface area (Å²) in [7, 11) is 1.62. The standard InChI is InChI=1S/C11H20N2O3/c1-3-4-9(7-16-2)13-11(15)8-5-10(14)12-6-8/h8-9H,3-7H2,1-2H3,(H,12,14)(H,13,15). The van der Waals surface area contributed by atoms with Crippen molar-refractivity contribution in [1.29, 1.82) is 0 Å². The molecule has 16 heavy (non-hydrogen) atoms. The van der Waals surface area contributed by atoms with E-state index >= 15 is 0 Å². The molecule has 0 bridgehead atoms. The molecule has 2 amide bonds. The number of hydrogen-bond donors (Lipinski definition) is 2. The fraction of sp³-hybridized carbons (Fsp3) is 0.818. The molecule has 1 aliphatic rings. The maximum Gasteiger partial charge on any atom is 0.225 e. The number of hydrogen-bond acceptors (Lipinski definition) is 3. The van der Waals surface area contributed by atoms with E-state index in [1.165, 1.54) is 0 Å². The van der Waals surface area contributed by atoms with Crippen LogP contribution < -0.4 is 10.6 Å². The molecular formula is C11H20N2O3. The van der Waals surface area contributed by atoms with E-state index in [2.05, 4.69) is 17.6 Å². The zero-order valence-corrected chi connectivity index (χ0v) is 9.91.